The summed E-state index contributed by atoms with van der Waals surface area (Å²) in [5.74, 6) is 1.00. The first kappa shape index (κ1) is 15.5. The number of ether oxygens (including phenoxy) is 1. The van der Waals surface area contributed by atoms with E-state index in [1.165, 1.54) is 0 Å². The van der Waals surface area contributed by atoms with Gasteiger partial charge in [-0.1, -0.05) is 23.4 Å². The Morgan fingerprint density at radius 3 is 2.74 bits per heavy atom. The van der Waals surface area contributed by atoms with Crippen LogP contribution in [0.3, 0.4) is 0 Å². The lowest BCUT2D eigenvalue weighted by Gasteiger charge is -2.27. The molecule has 1 aromatic heterocycles. The van der Waals surface area contributed by atoms with Crippen LogP contribution >= 0.6 is 0 Å². The molecule has 0 bridgehead atoms. The van der Waals surface area contributed by atoms with Gasteiger partial charge in [0, 0.05) is 12.1 Å². The molecule has 1 aliphatic rings. The highest BCUT2D eigenvalue weighted by Crippen LogP contribution is 2.32. The maximum atomic E-state index is 12.3. The van der Waals surface area contributed by atoms with E-state index in [1.807, 2.05) is 51.1 Å². The van der Waals surface area contributed by atoms with Gasteiger partial charge in [-0.15, -0.1) is 0 Å². The number of likely N-dealkylation sites (tertiary alicyclic amines) is 1. The lowest BCUT2D eigenvalue weighted by molar-refractivity contribution is 0.0217. The third-order valence-corrected chi connectivity index (χ3v) is 3.64. The number of aromatic nitrogens is 2. The third-order valence-electron chi connectivity index (χ3n) is 3.64. The zero-order valence-corrected chi connectivity index (χ0v) is 13.7. The van der Waals surface area contributed by atoms with E-state index in [1.54, 1.807) is 4.90 Å². The van der Waals surface area contributed by atoms with Gasteiger partial charge in [0.15, 0.2) is 5.82 Å². The lowest BCUT2D eigenvalue weighted by atomic mass is 10.2. The van der Waals surface area contributed by atoms with E-state index in [9.17, 15) is 4.79 Å². The smallest absolute Gasteiger partial charge is 0.410 e. The quantitative estimate of drug-likeness (QED) is 0.843. The van der Waals surface area contributed by atoms with Gasteiger partial charge in [-0.05, 0) is 45.7 Å². The fourth-order valence-corrected chi connectivity index (χ4v) is 2.64. The average molecular weight is 315 g/mol. The van der Waals surface area contributed by atoms with Crippen LogP contribution in [0.2, 0.25) is 0 Å². The van der Waals surface area contributed by atoms with E-state index >= 15 is 0 Å². The first-order chi connectivity index (χ1) is 10.9. The van der Waals surface area contributed by atoms with Crippen molar-refractivity contribution in [1.29, 1.82) is 0 Å². The molecule has 6 heteroatoms. The minimum Gasteiger partial charge on any atom is -0.444 e. The maximum Gasteiger partial charge on any atom is 0.410 e. The summed E-state index contributed by atoms with van der Waals surface area (Å²) in [6.07, 6.45) is 1.39. The molecule has 2 heterocycles. The number of carbonyl (C=O) groups is 1. The Labute approximate surface area is 135 Å². The van der Waals surface area contributed by atoms with Crippen molar-refractivity contribution in [1.82, 2.24) is 15.0 Å². The van der Waals surface area contributed by atoms with Crippen LogP contribution in [-0.4, -0.2) is 33.3 Å². The lowest BCUT2D eigenvalue weighted by Crippen LogP contribution is -2.36. The predicted molar refractivity (Wildman–Crippen MR) is 84.6 cm³/mol. The molecule has 0 saturated carbocycles. The van der Waals surface area contributed by atoms with Gasteiger partial charge in [0.1, 0.15) is 5.60 Å². The van der Waals surface area contributed by atoms with Crippen LogP contribution < -0.4 is 0 Å². The fourth-order valence-electron chi connectivity index (χ4n) is 2.64. The van der Waals surface area contributed by atoms with E-state index in [2.05, 4.69) is 10.1 Å². The largest absolute Gasteiger partial charge is 0.444 e. The number of nitrogens with zero attached hydrogens (tertiary/aromatic N) is 3. The van der Waals surface area contributed by atoms with Crippen LogP contribution in [0, 0.1) is 0 Å². The van der Waals surface area contributed by atoms with Crippen molar-refractivity contribution in [3.8, 4) is 11.5 Å². The van der Waals surface area contributed by atoms with Gasteiger partial charge in [0.2, 0.25) is 0 Å². The van der Waals surface area contributed by atoms with Crippen molar-refractivity contribution in [2.45, 2.75) is 45.3 Å². The number of hydrogen-bond acceptors (Lipinski definition) is 5. The highest BCUT2D eigenvalue weighted by Gasteiger charge is 2.36. The van der Waals surface area contributed by atoms with Crippen LogP contribution in [-0.2, 0) is 4.74 Å². The van der Waals surface area contributed by atoms with Gasteiger partial charge in [-0.3, -0.25) is 4.90 Å². The number of amides is 1. The highest BCUT2D eigenvalue weighted by molar-refractivity contribution is 5.69. The first-order valence-corrected chi connectivity index (χ1v) is 7.83. The second kappa shape index (κ2) is 6.02. The normalized spacial score (nSPS) is 18.2. The molecule has 6 nitrogen and oxygen atoms in total. The van der Waals surface area contributed by atoms with Crippen LogP contribution in [0.15, 0.2) is 34.9 Å². The predicted octanol–water partition coefficient (Wildman–Crippen LogP) is 3.81. The first-order valence-electron chi connectivity index (χ1n) is 7.83. The van der Waals surface area contributed by atoms with E-state index in [4.69, 9.17) is 9.26 Å². The van der Waals surface area contributed by atoms with Crippen molar-refractivity contribution in [2.24, 2.45) is 0 Å². The number of benzene rings is 1. The van der Waals surface area contributed by atoms with Crippen molar-refractivity contribution in [3.05, 3.63) is 36.2 Å². The Kier molecular flexibility index (Phi) is 4.07. The second-order valence-electron chi connectivity index (χ2n) is 6.66. The van der Waals surface area contributed by atoms with Gasteiger partial charge < -0.3 is 9.26 Å². The Morgan fingerprint density at radius 2 is 2.04 bits per heavy atom. The minimum absolute atomic E-state index is 0.189. The van der Waals surface area contributed by atoms with Crippen LogP contribution in [0.4, 0.5) is 4.79 Å². The summed E-state index contributed by atoms with van der Waals surface area (Å²) in [6, 6.07) is 9.41. The molecular weight excluding hydrogens is 294 g/mol. The monoisotopic (exact) mass is 315 g/mol. The molecule has 0 radical (unpaired) electrons. The summed E-state index contributed by atoms with van der Waals surface area (Å²) in [5, 5.41) is 4.07. The van der Waals surface area contributed by atoms with Gasteiger partial charge >= 0.3 is 6.09 Å². The van der Waals surface area contributed by atoms with E-state index in [0.717, 1.165) is 18.4 Å². The van der Waals surface area contributed by atoms with Gasteiger partial charge in [0.05, 0.1) is 6.04 Å². The van der Waals surface area contributed by atoms with E-state index < -0.39 is 5.60 Å². The Balaban J connectivity index is 1.78. The summed E-state index contributed by atoms with van der Waals surface area (Å²) >= 11 is 0. The molecule has 1 atom stereocenters. The zero-order chi connectivity index (χ0) is 16.4. The molecule has 0 aliphatic carbocycles. The van der Waals surface area contributed by atoms with Crippen LogP contribution in [0.5, 0.6) is 0 Å². The highest BCUT2D eigenvalue weighted by atomic mass is 16.6. The maximum absolute atomic E-state index is 12.3. The molecule has 2 aromatic rings. The molecule has 3 rings (SSSR count). The molecule has 1 unspecified atom stereocenters. The number of carbonyl (C=O) groups excluding carboxylic acids is 1. The Morgan fingerprint density at radius 1 is 1.30 bits per heavy atom. The Bertz CT molecular complexity index is 676. The number of rotatable bonds is 2. The van der Waals surface area contributed by atoms with Gasteiger partial charge in [-0.2, -0.15) is 4.98 Å². The average Bonchev–Trinajstić information content (AvgIpc) is 3.15. The van der Waals surface area contributed by atoms with Crippen molar-refractivity contribution in [3.63, 3.8) is 0 Å². The molecule has 1 fully saturated rings. The summed E-state index contributed by atoms with van der Waals surface area (Å²) in [6.45, 7) is 6.22. The van der Waals surface area contributed by atoms with Crippen molar-refractivity contribution in [2.75, 3.05) is 6.54 Å². The summed E-state index contributed by atoms with van der Waals surface area (Å²) in [4.78, 5) is 18.5. The van der Waals surface area contributed by atoms with Crippen molar-refractivity contribution < 1.29 is 14.1 Å². The van der Waals surface area contributed by atoms with Crippen LogP contribution in [0.1, 0.15) is 45.5 Å². The molecule has 1 aromatic carbocycles. The topological polar surface area (TPSA) is 68.5 Å². The van der Waals surface area contributed by atoms with E-state index in [0.29, 0.717) is 18.3 Å². The zero-order valence-electron chi connectivity index (χ0n) is 13.7. The standard InChI is InChI=1S/C17H21N3O3/c1-17(2,3)22-16(21)20-11-7-10-13(20)14-18-15(23-19-14)12-8-5-4-6-9-12/h4-6,8-9,13H,7,10-11H2,1-3H3. The molecule has 0 spiro atoms. The third kappa shape index (κ3) is 3.52. The van der Waals surface area contributed by atoms with Gasteiger partial charge in [-0.25, -0.2) is 4.79 Å². The van der Waals surface area contributed by atoms with Gasteiger partial charge in [0.25, 0.3) is 5.89 Å². The van der Waals surface area contributed by atoms with E-state index in [-0.39, 0.29) is 12.1 Å². The number of hydrogen-bond donors (Lipinski definition) is 0. The minimum atomic E-state index is -0.517. The second-order valence-corrected chi connectivity index (χ2v) is 6.66. The summed E-state index contributed by atoms with van der Waals surface area (Å²) in [7, 11) is 0. The molecule has 1 saturated heterocycles. The van der Waals surface area contributed by atoms with Crippen LogP contribution in [0.25, 0.3) is 11.5 Å². The molecular formula is C17H21N3O3. The Hall–Kier alpha value is -2.37. The summed E-state index contributed by atoms with van der Waals surface area (Å²) < 4.78 is 10.8. The van der Waals surface area contributed by atoms with Crippen molar-refractivity contribution >= 4 is 6.09 Å². The molecule has 122 valence electrons. The molecule has 1 aliphatic heterocycles. The molecule has 23 heavy (non-hydrogen) atoms. The SMILES string of the molecule is CC(C)(C)OC(=O)N1CCCC1c1noc(-c2ccccc2)n1. The molecule has 0 N–H and O–H groups in total. The fraction of sp³-hybridized carbons (Fsp3) is 0.471. The molecule has 1 amide bonds. The summed E-state index contributed by atoms with van der Waals surface area (Å²) in [5.41, 5.74) is 0.351.